The first-order valence-corrected chi connectivity index (χ1v) is 21.4. The molecule has 3 aliphatic carbocycles. The van der Waals surface area contributed by atoms with E-state index in [0.29, 0.717) is 43.0 Å². The Hall–Kier alpha value is -4.07. The smallest absolute Gasteiger partial charge is 0.306 e. The van der Waals surface area contributed by atoms with E-state index in [1.165, 1.54) is 4.90 Å². The number of nitrogens with zero attached hydrogens (tertiary/aromatic N) is 3. The molecule has 3 bridgehead atoms. The van der Waals surface area contributed by atoms with E-state index in [9.17, 15) is 27.6 Å². The van der Waals surface area contributed by atoms with Crippen LogP contribution in [0.1, 0.15) is 109 Å². The zero-order chi connectivity index (χ0) is 37.7. The Kier molecular flexibility index (Phi) is 9.93. The number of fused-ring (bicyclic) bond motifs is 6. The number of hydrogen-bond donors (Lipinski definition) is 2. The van der Waals surface area contributed by atoms with Gasteiger partial charge in [-0.1, -0.05) is 50.0 Å². The Morgan fingerprint density at radius 3 is 2.52 bits per heavy atom. The van der Waals surface area contributed by atoms with E-state index in [0.717, 1.165) is 69.0 Å². The van der Waals surface area contributed by atoms with Crippen LogP contribution in [-0.2, 0) is 40.4 Å². The largest absolute Gasteiger partial charge is 0.471 e. The summed E-state index contributed by atoms with van der Waals surface area (Å²) in [6.07, 6.45) is 13.2. The molecule has 54 heavy (non-hydrogen) atoms. The van der Waals surface area contributed by atoms with Gasteiger partial charge in [0.2, 0.25) is 27.7 Å². The number of sulfonamides is 1. The number of rotatable bonds is 3. The lowest BCUT2D eigenvalue weighted by Gasteiger charge is -2.29. The summed E-state index contributed by atoms with van der Waals surface area (Å²) in [5, 5.41) is 2.94. The van der Waals surface area contributed by atoms with Crippen LogP contribution in [0.25, 0.3) is 11.0 Å². The van der Waals surface area contributed by atoms with Gasteiger partial charge in [-0.3, -0.25) is 23.9 Å². The molecule has 14 heteroatoms. The topological polar surface area (TPSA) is 174 Å². The molecule has 8 rings (SSSR count). The highest BCUT2D eigenvalue weighted by Crippen LogP contribution is 2.48. The van der Waals surface area contributed by atoms with Gasteiger partial charge < -0.3 is 19.7 Å². The van der Waals surface area contributed by atoms with Gasteiger partial charge in [0.1, 0.15) is 29.5 Å². The van der Waals surface area contributed by atoms with Crippen molar-refractivity contribution >= 4 is 44.7 Å². The minimum Gasteiger partial charge on any atom is -0.471 e. The summed E-state index contributed by atoms with van der Waals surface area (Å²) in [6, 6.07) is 6.56. The standard InChI is InChI=1S/C40H51N5O8S/c1-39(18-19-39)54(50,51)44-38(49)40-23-27(40)14-8-4-2-3-6-13-26-21-34(46)53-33-20-25(33)12-7-5-9-17-31-36(42-30-16-11-10-15-29(30)41-31)52-28-22-32(35(47)43-40)45(24-28)37(26)48/h8,10-11,14-16,25-28,32-33H,2-7,9,12-13,17-24H2,1H3,(H,43,47)(H,44,49). The van der Waals surface area contributed by atoms with E-state index in [2.05, 4.69) is 10.0 Å². The first-order chi connectivity index (χ1) is 25.9. The fourth-order valence-corrected chi connectivity index (χ4v) is 9.79. The number of ether oxygens (including phenoxy) is 2. The first-order valence-electron chi connectivity index (χ1n) is 19.9. The van der Waals surface area contributed by atoms with Crippen molar-refractivity contribution < 1.29 is 37.1 Å². The Morgan fingerprint density at radius 1 is 0.963 bits per heavy atom. The number of benzene rings is 1. The molecule has 1 aromatic heterocycles. The molecule has 3 amide bonds. The molecule has 0 radical (unpaired) electrons. The van der Waals surface area contributed by atoms with Crippen molar-refractivity contribution in [3.05, 3.63) is 42.1 Å². The maximum Gasteiger partial charge on any atom is 0.306 e. The minimum atomic E-state index is -3.97. The summed E-state index contributed by atoms with van der Waals surface area (Å²) in [5.74, 6) is -2.46. The highest BCUT2D eigenvalue weighted by Gasteiger charge is 2.63. The van der Waals surface area contributed by atoms with Crippen LogP contribution in [0.15, 0.2) is 36.4 Å². The highest BCUT2D eigenvalue weighted by molar-refractivity contribution is 7.91. The van der Waals surface area contributed by atoms with Crippen molar-refractivity contribution in [2.45, 2.75) is 138 Å². The number of esters is 1. The van der Waals surface area contributed by atoms with Crippen LogP contribution in [0, 0.1) is 17.8 Å². The average molecular weight is 762 g/mol. The molecule has 7 atom stereocenters. The van der Waals surface area contributed by atoms with Crippen LogP contribution in [0.5, 0.6) is 5.88 Å². The number of para-hydroxylation sites is 2. The van der Waals surface area contributed by atoms with Crippen LogP contribution in [0.3, 0.4) is 0 Å². The Balaban J connectivity index is 1.12. The van der Waals surface area contributed by atoms with Crippen molar-refractivity contribution in [1.82, 2.24) is 24.9 Å². The van der Waals surface area contributed by atoms with Crippen LogP contribution >= 0.6 is 0 Å². The van der Waals surface area contributed by atoms with Crippen LogP contribution < -0.4 is 14.8 Å². The number of allylic oxidation sites excluding steroid dienone is 1. The third kappa shape index (κ3) is 7.59. The van der Waals surface area contributed by atoms with Gasteiger partial charge in [-0.15, -0.1) is 0 Å². The fourth-order valence-electron chi connectivity index (χ4n) is 8.48. The number of carbonyl (C=O) groups is 4. The van der Waals surface area contributed by atoms with Crippen LogP contribution in [-0.4, -0.2) is 82.1 Å². The van der Waals surface area contributed by atoms with Crippen LogP contribution in [0.4, 0.5) is 0 Å². The molecule has 1 saturated heterocycles. The van der Waals surface area contributed by atoms with Gasteiger partial charge in [0.25, 0.3) is 5.91 Å². The molecule has 0 spiro atoms. The van der Waals surface area contributed by atoms with Gasteiger partial charge in [0.05, 0.1) is 28.7 Å². The molecular weight excluding hydrogens is 711 g/mol. The van der Waals surface area contributed by atoms with Gasteiger partial charge in [0, 0.05) is 18.3 Å². The normalized spacial score (nSPS) is 32.9. The van der Waals surface area contributed by atoms with Crippen molar-refractivity contribution in [2.75, 3.05) is 6.54 Å². The first kappa shape index (κ1) is 36.9. The maximum atomic E-state index is 14.6. The number of aromatic nitrogens is 2. The highest BCUT2D eigenvalue weighted by atomic mass is 32.2. The van der Waals surface area contributed by atoms with Crippen molar-refractivity contribution in [3.8, 4) is 5.88 Å². The summed E-state index contributed by atoms with van der Waals surface area (Å²) in [4.78, 5) is 67.6. The SMILES string of the molecule is CC1(S(=O)(=O)NC(=O)C23CC2C=CCCCCCC2CC(=O)OC4CC4CCCCCc4nc5ccccc5nc4OC4CC(C(=O)N3)N(C4)C2=O)CC1. The Labute approximate surface area is 316 Å². The lowest BCUT2D eigenvalue weighted by atomic mass is 9.95. The van der Waals surface area contributed by atoms with Crippen molar-refractivity contribution in [2.24, 2.45) is 17.8 Å². The summed E-state index contributed by atoms with van der Waals surface area (Å²) in [6.45, 7) is 1.67. The average Bonchev–Trinajstić information content (AvgIpc) is 4.10. The fraction of sp³-hybridized carbons (Fsp3) is 0.650. The molecule has 3 saturated carbocycles. The Morgan fingerprint density at radius 2 is 1.72 bits per heavy atom. The second-order valence-electron chi connectivity index (χ2n) is 16.7. The lowest BCUT2D eigenvalue weighted by Crippen LogP contribution is -2.57. The second kappa shape index (κ2) is 14.5. The summed E-state index contributed by atoms with van der Waals surface area (Å²) >= 11 is 0. The number of carbonyl (C=O) groups excluding carboxylic acids is 4. The molecule has 6 aliphatic rings. The predicted octanol–water partition coefficient (Wildman–Crippen LogP) is 4.43. The van der Waals surface area contributed by atoms with Crippen molar-refractivity contribution in [1.29, 1.82) is 0 Å². The number of hydrogen-bond acceptors (Lipinski definition) is 10. The van der Waals surface area contributed by atoms with Crippen LogP contribution in [0.2, 0.25) is 0 Å². The quantitative estimate of drug-likeness (QED) is 0.337. The van der Waals surface area contributed by atoms with Gasteiger partial charge in [-0.05, 0) is 89.2 Å². The predicted molar refractivity (Wildman–Crippen MR) is 198 cm³/mol. The number of nitrogens with one attached hydrogen (secondary N) is 2. The summed E-state index contributed by atoms with van der Waals surface area (Å²) in [5.41, 5.74) is 0.678. The molecule has 4 heterocycles. The zero-order valence-electron chi connectivity index (χ0n) is 31.0. The molecule has 3 aliphatic heterocycles. The minimum absolute atomic E-state index is 0.0658. The molecule has 2 N–H and O–H groups in total. The van der Waals surface area contributed by atoms with E-state index in [-0.39, 0.29) is 37.8 Å². The summed E-state index contributed by atoms with van der Waals surface area (Å²) < 4.78 is 40.1. The number of aryl methyl sites for hydroxylation is 1. The zero-order valence-corrected chi connectivity index (χ0v) is 31.8. The van der Waals surface area contributed by atoms with Gasteiger partial charge >= 0.3 is 5.97 Å². The lowest BCUT2D eigenvalue weighted by molar-refractivity contribution is -0.151. The van der Waals surface area contributed by atoms with Gasteiger partial charge in [-0.25, -0.2) is 18.4 Å². The number of amides is 3. The summed E-state index contributed by atoms with van der Waals surface area (Å²) in [7, 11) is -3.97. The van der Waals surface area contributed by atoms with E-state index >= 15 is 0 Å². The Bertz CT molecular complexity index is 1970. The molecular formula is C40H51N5O8S. The van der Waals surface area contributed by atoms with E-state index in [1.54, 1.807) is 6.92 Å². The van der Waals surface area contributed by atoms with Gasteiger partial charge in [-0.2, -0.15) is 0 Å². The molecule has 7 unspecified atom stereocenters. The molecule has 2 aromatic rings. The molecule has 13 nitrogen and oxygen atoms in total. The second-order valence-corrected chi connectivity index (χ2v) is 18.9. The maximum absolute atomic E-state index is 14.6. The molecule has 1 aromatic carbocycles. The molecule has 4 fully saturated rings. The van der Waals surface area contributed by atoms with Gasteiger partial charge in [0.15, 0.2) is 0 Å². The third-order valence-electron chi connectivity index (χ3n) is 12.5. The monoisotopic (exact) mass is 761 g/mol. The van der Waals surface area contributed by atoms with E-state index < -0.39 is 62.1 Å². The van der Waals surface area contributed by atoms with E-state index in [4.69, 9.17) is 19.4 Å². The van der Waals surface area contributed by atoms with E-state index in [1.807, 2.05) is 36.4 Å². The third-order valence-corrected chi connectivity index (χ3v) is 14.7. The molecule has 290 valence electrons. The van der Waals surface area contributed by atoms with Crippen molar-refractivity contribution in [3.63, 3.8) is 0 Å².